The second-order valence-corrected chi connectivity index (χ2v) is 6.02. The Morgan fingerprint density at radius 2 is 2.04 bits per heavy atom. The largest absolute Gasteiger partial charge is 0.418 e. The SMILES string of the molecule is O=C(Nc1ccccc1C(F)(F)F)N1CC[C@@H]2OCCC[C@H]2C1. The van der Waals surface area contributed by atoms with Crippen molar-refractivity contribution in [3.63, 3.8) is 0 Å². The summed E-state index contributed by atoms with van der Waals surface area (Å²) >= 11 is 0. The maximum atomic E-state index is 13.0. The van der Waals surface area contributed by atoms with Crippen molar-refractivity contribution in [2.45, 2.75) is 31.5 Å². The van der Waals surface area contributed by atoms with Gasteiger partial charge in [-0.15, -0.1) is 0 Å². The number of halogens is 3. The minimum atomic E-state index is -4.49. The molecule has 126 valence electrons. The Kier molecular flexibility index (Phi) is 4.48. The fourth-order valence-corrected chi connectivity index (χ4v) is 3.31. The van der Waals surface area contributed by atoms with Crippen LogP contribution >= 0.6 is 0 Å². The molecule has 23 heavy (non-hydrogen) atoms. The van der Waals surface area contributed by atoms with Crippen LogP contribution in [-0.4, -0.2) is 36.7 Å². The van der Waals surface area contributed by atoms with Crippen molar-refractivity contribution in [2.24, 2.45) is 5.92 Å². The number of hydrogen-bond acceptors (Lipinski definition) is 2. The monoisotopic (exact) mass is 328 g/mol. The highest BCUT2D eigenvalue weighted by atomic mass is 19.4. The van der Waals surface area contributed by atoms with Gasteiger partial charge in [0.05, 0.1) is 17.4 Å². The fraction of sp³-hybridized carbons (Fsp3) is 0.562. The Hall–Kier alpha value is -1.76. The zero-order chi connectivity index (χ0) is 16.4. The molecule has 2 aliphatic heterocycles. The molecule has 3 rings (SSSR count). The van der Waals surface area contributed by atoms with Gasteiger partial charge in [-0.3, -0.25) is 0 Å². The van der Waals surface area contributed by atoms with E-state index >= 15 is 0 Å². The summed E-state index contributed by atoms with van der Waals surface area (Å²) in [5, 5.41) is 2.41. The number of urea groups is 1. The molecule has 1 N–H and O–H groups in total. The molecule has 0 saturated carbocycles. The second-order valence-electron chi connectivity index (χ2n) is 6.02. The Morgan fingerprint density at radius 3 is 2.83 bits per heavy atom. The summed E-state index contributed by atoms with van der Waals surface area (Å²) in [7, 11) is 0. The molecular formula is C16H19F3N2O2. The van der Waals surface area contributed by atoms with Crippen LogP contribution in [0.1, 0.15) is 24.8 Å². The van der Waals surface area contributed by atoms with Crippen LogP contribution in [0.25, 0.3) is 0 Å². The summed E-state index contributed by atoms with van der Waals surface area (Å²) in [6.45, 7) is 1.79. The fourth-order valence-electron chi connectivity index (χ4n) is 3.31. The minimum absolute atomic E-state index is 0.176. The number of ether oxygens (including phenoxy) is 1. The normalized spacial score (nSPS) is 24.9. The number of rotatable bonds is 1. The molecule has 2 saturated heterocycles. The first-order valence-corrected chi connectivity index (χ1v) is 7.79. The van der Waals surface area contributed by atoms with Crippen LogP contribution in [0.2, 0.25) is 0 Å². The standard InChI is InChI=1S/C16H19F3N2O2/c17-16(18,19)12-5-1-2-6-13(12)20-15(22)21-8-7-14-11(10-21)4-3-9-23-14/h1-2,5-6,11,14H,3-4,7-10H2,(H,20,22)/t11-,14-/m0/s1. The number of nitrogens with zero attached hydrogens (tertiary/aromatic N) is 1. The van der Waals surface area contributed by atoms with Crippen LogP contribution in [0.4, 0.5) is 23.7 Å². The molecule has 0 aromatic heterocycles. The molecule has 0 radical (unpaired) electrons. The number of benzene rings is 1. The van der Waals surface area contributed by atoms with Crippen molar-refractivity contribution in [1.29, 1.82) is 0 Å². The van der Waals surface area contributed by atoms with Gasteiger partial charge in [0.15, 0.2) is 0 Å². The number of carbonyl (C=O) groups excluding carboxylic acids is 1. The molecule has 2 fully saturated rings. The lowest BCUT2D eigenvalue weighted by molar-refractivity contribution is -0.136. The smallest absolute Gasteiger partial charge is 0.378 e. The van der Waals surface area contributed by atoms with Gasteiger partial charge >= 0.3 is 12.2 Å². The molecule has 0 bridgehead atoms. The lowest BCUT2D eigenvalue weighted by Gasteiger charge is -2.40. The molecule has 2 amide bonds. The first-order valence-electron chi connectivity index (χ1n) is 7.79. The van der Waals surface area contributed by atoms with Gasteiger partial charge in [0.1, 0.15) is 0 Å². The Labute approximate surface area is 132 Å². The Morgan fingerprint density at radius 1 is 1.26 bits per heavy atom. The average Bonchev–Trinajstić information content (AvgIpc) is 2.54. The highest BCUT2D eigenvalue weighted by molar-refractivity contribution is 5.90. The van der Waals surface area contributed by atoms with Crippen molar-refractivity contribution < 1.29 is 22.7 Å². The Bertz CT molecular complexity index is 577. The third kappa shape index (κ3) is 3.60. The van der Waals surface area contributed by atoms with Crippen molar-refractivity contribution in [1.82, 2.24) is 4.90 Å². The van der Waals surface area contributed by atoms with Gasteiger partial charge in [0, 0.05) is 25.6 Å². The van der Waals surface area contributed by atoms with Gasteiger partial charge in [-0.25, -0.2) is 4.79 Å². The summed E-state index contributed by atoms with van der Waals surface area (Å²) in [6.07, 6.45) is -1.62. The van der Waals surface area contributed by atoms with Gasteiger partial charge in [0.25, 0.3) is 0 Å². The minimum Gasteiger partial charge on any atom is -0.378 e. The summed E-state index contributed by atoms with van der Waals surface area (Å²) in [5.74, 6) is 0.279. The first-order chi connectivity index (χ1) is 10.9. The zero-order valence-corrected chi connectivity index (χ0v) is 12.6. The number of piperidine rings is 1. The number of nitrogens with one attached hydrogen (secondary N) is 1. The van der Waals surface area contributed by atoms with Gasteiger partial charge in [0.2, 0.25) is 0 Å². The second kappa shape index (κ2) is 6.39. The van der Waals surface area contributed by atoms with E-state index in [9.17, 15) is 18.0 Å². The van der Waals surface area contributed by atoms with Crippen LogP contribution in [0, 0.1) is 5.92 Å². The van der Waals surface area contributed by atoms with Gasteiger partial charge in [-0.05, 0) is 31.4 Å². The third-order valence-corrected chi connectivity index (χ3v) is 4.48. The van der Waals surface area contributed by atoms with Crippen LogP contribution in [0.3, 0.4) is 0 Å². The number of alkyl halides is 3. The topological polar surface area (TPSA) is 41.6 Å². The molecule has 7 heteroatoms. The lowest BCUT2D eigenvalue weighted by Crippen LogP contribution is -2.49. The van der Waals surface area contributed by atoms with E-state index in [0.717, 1.165) is 31.9 Å². The maximum Gasteiger partial charge on any atom is 0.418 e. The van der Waals surface area contributed by atoms with E-state index in [2.05, 4.69) is 5.32 Å². The molecule has 4 nitrogen and oxygen atoms in total. The van der Waals surface area contributed by atoms with Crippen LogP contribution in [0.5, 0.6) is 0 Å². The molecule has 0 unspecified atom stereocenters. The van der Waals surface area contributed by atoms with E-state index in [1.807, 2.05) is 0 Å². The van der Waals surface area contributed by atoms with Gasteiger partial charge in [-0.2, -0.15) is 13.2 Å². The number of likely N-dealkylation sites (tertiary alicyclic amines) is 1. The number of para-hydroxylation sites is 1. The molecule has 2 atom stereocenters. The summed E-state index contributed by atoms with van der Waals surface area (Å²) in [6, 6.07) is 4.55. The summed E-state index contributed by atoms with van der Waals surface area (Å²) in [5.41, 5.74) is -1.03. The molecule has 2 heterocycles. The number of hydrogen-bond donors (Lipinski definition) is 1. The van der Waals surface area contributed by atoms with E-state index in [0.29, 0.717) is 13.1 Å². The predicted octanol–water partition coefficient (Wildman–Crippen LogP) is 3.74. The van der Waals surface area contributed by atoms with E-state index < -0.39 is 17.8 Å². The Balaban J connectivity index is 1.68. The summed E-state index contributed by atoms with van der Waals surface area (Å²) in [4.78, 5) is 13.9. The molecule has 0 spiro atoms. The van der Waals surface area contributed by atoms with Crippen LogP contribution in [0.15, 0.2) is 24.3 Å². The van der Waals surface area contributed by atoms with E-state index in [-0.39, 0.29) is 17.7 Å². The third-order valence-electron chi connectivity index (χ3n) is 4.48. The first kappa shape index (κ1) is 16.1. The number of anilines is 1. The maximum absolute atomic E-state index is 13.0. The van der Waals surface area contributed by atoms with Gasteiger partial charge in [-0.1, -0.05) is 12.1 Å². The highest BCUT2D eigenvalue weighted by Crippen LogP contribution is 2.35. The molecule has 2 aliphatic rings. The van der Waals surface area contributed by atoms with Crippen molar-refractivity contribution in [3.8, 4) is 0 Å². The molecule has 0 aliphatic carbocycles. The number of fused-ring (bicyclic) bond motifs is 1. The highest BCUT2D eigenvalue weighted by Gasteiger charge is 2.36. The zero-order valence-electron chi connectivity index (χ0n) is 12.6. The van der Waals surface area contributed by atoms with Crippen molar-refractivity contribution >= 4 is 11.7 Å². The van der Waals surface area contributed by atoms with Crippen LogP contribution < -0.4 is 5.32 Å². The van der Waals surface area contributed by atoms with Crippen molar-refractivity contribution in [3.05, 3.63) is 29.8 Å². The van der Waals surface area contributed by atoms with E-state index in [4.69, 9.17) is 4.74 Å². The number of amides is 2. The lowest BCUT2D eigenvalue weighted by atomic mass is 9.89. The predicted molar refractivity (Wildman–Crippen MR) is 79.1 cm³/mol. The quantitative estimate of drug-likeness (QED) is 0.853. The van der Waals surface area contributed by atoms with Crippen LogP contribution in [-0.2, 0) is 10.9 Å². The van der Waals surface area contributed by atoms with E-state index in [1.54, 1.807) is 4.90 Å². The van der Waals surface area contributed by atoms with Crippen molar-refractivity contribution in [2.75, 3.05) is 25.0 Å². The number of carbonyl (C=O) groups is 1. The molecule has 1 aromatic carbocycles. The summed E-state index contributed by atoms with van der Waals surface area (Å²) < 4.78 is 44.6. The molecule has 1 aromatic rings. The van der Waals surface area contributed by atoms with E-state index in [1.165, 1.54) is 18.2 Å². The molecular weight excluding hydrogens is 309 g/mol. The van der Waals surface area contributed by atoms with Gasteiger partial charge < -0.3 is 15.0 Å². The average molecular weight is 328 g/mol.